The minimum absolute atomic E-state index is 0. The van der Waals surface area contributed by atoms with Gasteiger partial charge in [-0.3, -0.25) is 9.69 Å². The molecule has 1 aromatic rings. The summed E-state index contributed by atoms with van der Waals surface area (Å²) in [5.74, 6) is -0.486. The number of hydrogen-bond acceptors (Lipinski definition) is 3. The molecule has 0 aromatic heterocycles. The summed E-state index contributed by atoms with van der Waals surface area (Å²) in [6.07, 6.45) is -4.40. The molecule has 2 rings (SSSR count). The lowest BCUT2D eigenvalue weighted by Gasteiger charge is -2.35. The molecule has 1 atom stereocenters. The first-order chi connectivity index (χ1) is 10.8. The van der Waals surface area contributed by atoms with E-state index in [4.69, 9.17) is 0 Å². The van der Waals surface area contributed by atoms with Crippen LogP contribution in [0.1, 0.15) is 12.5 Å². The molecule has 1 aliphatic rings. The van der Waals surface area contributed by atoms with E-state index in [2.05, 4.69) is 5.32 Å². The van der Waals surface area contributed by atoms with Crippen molar-refractivity contribution in [3.8, 4) is 0 Å². The van der Waals surface area contributed by atoms with E-state index >= 15 is 0 Å². The van der Waals surface area contributed by atoms with Crippen LogP contribution in [-0.4, -0.2) is 60.6 Å². The summed E-state index contributed by atoms with van der Waals surface area (Å²) < 4.78 is 38.4. The molecule has 8 heteroatoms. The Bertz CT molecular complexity index is 513. The van der Waals surface area contributed by atoms with Crippen LogP contribution in [0.4, 0.5) is 13.2 Å². The lowest BCUT2D eigenvalue weighted by molar-refractivity contribution is -0.163. The van der Waals surface area contributed by atoms with E-state index in [1.165, 1.54) is 0 Å². The molecule has 0 spiro atoms. The zero-order valence-electron chi connectivity index (χ0n) is 13.6. The number of amides is 1. The minimum atomic E-state index is -4.40. The number of rotatable bonds is 5. The van der Waals surface area contributed by atoms with Gasteiger partial charge in [-0.25, -0.2) is 0 Å². The topological polar surface area (TPSA) is 35.6 Å². The van der Waals surface area contributed by atoms with Gasteiger partial charge in [-0.05, 0) is 12.5 Å². The highest BCUT2D eigenvalue weighted by molar-refractivity contribution is 5.85. The van der Waals surface area contributed by atoms with Gasteiger partial charge in [0.25, 0.3) is 0 Å². The molecular weight excluding hydrogens is 343 g/mol. The third kappa shape index (κ3) is 6.67. The molecular formula is C16H23ClF3N3O. The first-order valence-corrected chi connectivity index (χ1v) is 7.68. The molecule has 136 valence electrons. The van der Waals surface area contributed by atoms with Crippen LogP contribution in [0.3, 0.4) is 0 Å². The normalized spacial score (nSPS) is 18.8. The number of carbonyl (C=O) groups is 1. The first-order valence-electron chi connectivity index (χ1n) is 7.68. The molecule has 1 heterocycles. The Hall–Kier alpha value is -1.31. The average Bonchev–Trinajstić information content (AvgIpc) is 2.48. The van der Waals surface area contributed by atoms with Crippen molar-refractivity contribution >= 4 is 18.3 Å². The molecule has 1 saturated heterocycles. The summed E-state index contributed by atoms with van der Waals surface area (Å²) in [6.45, 7) is 2.89. The van der Waals surface area contributed by atoms with Gasteiger partial charge in [0.2, 0.25) is 5.91 Å². The fourth-order valence-corrected chi connectivity index (χ4v) is 2.64. The van der Waals surface area contributed by atoms with Crippen molar-refractivity contribution in [1.29, 1.82) is 0 Å². The molecule has 4 nitrogen and oxygen atoms in total. The minimum Gasteiger partial charge on any atom is -0.328 e. The highest BCUT2D eigenvalue weighted by Gasteiger charge is 2.34. The van der Waals surface area contributed by atoms with E-state index < -0.39 is 18.6 Å². The Balaban J connectivity index is 0.00000288. The Morgan fingerprint density at radius 3 is 2.58 bits per heavy atom. The van der Waals surface area contributed by atoms with Crippen molar-refractivity contribution in [2.24, 2.45) is 0 Å². The second kappa shape index (κ2) is 9.25. The van der Waals surface area contributed by atoms with Crippen LogP contribution < -0.4 is 5.32 Å². The van der Waals surface area contributed by atoms with Crippen LogP contribution in [0.2, 0.25) is 0 Å². The molecule has 24 heavy (non-hydrogen) atoms. The molecule has 1 N–H and O–H groups in total. The van der Waals surface area contributed by atoms with E-state index in [0.717, 1.165) is 18.0 Å². The van der Waals surface area contributed by atoms with Crippen molar-refractivity contribution in [2.45, 2.75) is 25.7 Å². The average molecular weight is 366 g/mol. The monoisotopic (exact) mass is 365 g/mol. The van der Waals surface area contributed by atoms with Crippen LogP contribution in [0.5, 0.6) is 0 Å². The first kappa shape index (κ1) is 20.7. The van der Waals surface area contributed by atoms with Gasteiger partial charge in [-0.1, -0.05) is 30.3 Å². The fraction of sp³-hybridized carbons (Fsp3) is 0.562. The second-order valence-corrected chi connectivity index (χ2v) is 5.87. The third-order valence-corrected chi connectivity index (χ3v) is 3.92. The van der Waals surface area contributed by atoms with Gasteiger partial charge in [-0.15, -0.1) is 12.4 Å². The van der Waals surface area contributed by atoms with Crippen LogP contribution in [0.25, 0.3) is 0 Å². The molecule has 1 fully saturated rings. The third-order valence-electron chi connectivity index (χ3n) is 3.92. The predicted molar refractivity (Wildman–Crippen MR) is 89.1 cm³/mol. The number of nitrogens with one attached hydrogen (secondary N) is 1. The Kier molecular flexibility index (Phi) is 7.99. The molecule has 0 saturated carbocycles. The second-order valence-electron chi connectivity index (χ2n) is 5.87. The number of piperazine rings is 1. The van der Waals surface area contributed by atoms with E-state index in [-0.39, 0.29) is 31.5 Å². The Morgan fingerprint density at radius 1 is 1.33 bits per heavy atom. The van der Waals surface area contributed by atoms with Crippen molar-refractivity contribution < 1.29 is 18.0 Å². The molecule has 0 bridgehead atoms. The van der Waals surface area contributed by atoms with Crippen LogP contribution >= 0.6 is 12.4 Å². The van der Waals surface area contributed by atoms with E-state index in [9.17, 15) is 18.0 Å². The summed E-state index contributed by atoms with van der Waals surface area (Å²) in [7, 11) is 0. The van der Waals surface area contributed by atoms with Gasteiger partial charge >= 0.3 is 6.18 Å². The molecule has 1 aliphatic heterocycles. The zero-order chi connectivity index (χ0) is 16.9. The van der Waals surface area contributed by atoms with E-state index in [1.54, 1.807) is 30.3 Å². The highest BCUT2D eigenvalue weighted by Crippen LogP contribution is 2.19. The number of benzene rings is 1. The van der Waals surface area contributed by atoms with Crippen molar-refractivity contribution in [3.05, 3.63) is 35.9 Å². The Labute approximate surface area is 146 Å². The van der Waals surface area contributed by atoms with Gasteiger partial charge in [0.05, 0.1) is 6.54 Å². The maximum Gasteiger partial charge on any atom is 0.406 e. The number of hydrogen-bond donors (Lipinski definition) is 1. The lowest BCUT2D eigenvalue weighted by atomic mass is 10.2. The van der Waals surface area contributed by atoms with Crippen LogP contribution in [0, 0.1) is 0 Å². The zero-order valence-corrected chi connectivity index (χ0v) is 14.4. The van der Waals surface area contributed by atoms with Crippen molar-refractivity contribution in [3.63, 3.8) is 0 Å². The summed E-state index contributed by atoms with van der Waals surface area (Å²) in [5, 5.41) is 3.20. The maximum atomic E-state index is 12.8. The SMILES string of the molecule is C[C@H]1CNCCN1CC(=O)N(Cc1ccccc1)CC(F)(F)F.Cl. The smallest absolute Gasteiger partial charge is 0.328 e. The van der Waals surface area contributed by atoms with Crippen molar-refractivity contribution in [2.75, 3.05) is 32.7 Å². The van der Waals surface area contributed by atoms with Crippen LogP contribution in [-0.2, 0) is 11.3 Å². The lowest BCUT2D eigenvalue weighted by Crippen LogP contribution is -2.53. The highest BCUT2D eigenvalue weighted by atomic mass is 35.5. The van der Waals surface area contributed by atoms with Crippen LogP contribution in [0.15, 0.2) is 30.3 Å². The summed E-state index contributed by atoms with van der Waals surface area (Å²) in [6, 6.07) is 8.89. The van der Waals surface area contributed by atoms with Gasteiger partial charge in [-0.2, -0.15) is 13.2 Å². The fourth-order valence-electron chi connectivity index (χ4n) is 2.64. The standard InChI is InChI=1S/C16H22F3N3O.ClH/c1-13-9-20-7-8-21(13)11-15(23)22(12-16(17,18)19)10-14-5-3-2-4-6-14;/h2-6,13,20H,7-12H2,1H3;1H/t13-;/m0./s1. The van der Waals surface area contributed by atoms with E-state index in [0.29, 0.717) is 12.1 Å². The maximum absolute atomic E-state index is 12.8. The Morgan fingerprint density at radius 2 is 2.00 bits per heavy atom. The number of alkyl halides is 3. The van der Waals surface area contributed by atoms with Crippen molar-refractivity contribution in [1.82, 2.24) is 15.1 Å². The summed E-state index contributed by atoms with van der Waals surface area (Å²) in [5.41, 5.74) is 0.693. The summed E-state index contributed by atoms with van der Waals surface area (Å²) in [4.78, 5) is 15.2. The number of halogens is 4. The summed E-state index contributed by atoms with van der Waals surface area (Å²) >= 11 is 0. The molecule has 1 amide bonds. The molecule has 0 aliphatic carbocycles. The van der Waals surface area contributed by atoms with Gasteiger partial charge in [0, 0.05) is 32.2 Å². The van der Waals surface area contributed by atoms with Gasteiger partial charge in [0.1, 0.15) is 6.54 Å². The number of nitrogens with zero attached hydrogens (tertiary/aromatic N) is 2. The molecule has 0 radical (unpaired) electrons. The largest absolute Gasteiger partial charge is 0.406 e. The predicted octanol–water partition coefficient (Wildman–Crippen LogP) is 2.29. The molecule has 0 unspecified atom stereocenters. The molecule has 1 aromatic carbocycles. The van der Waals surface area contributed by atoms with E-state index in [1.807, 2.05) is 11.8 Å². The number of carbonyl (C=O) groups excluding carboxylic acids is 1. The van der Waals surface area contributed by atoms with Gasteiger partial charge < -0.3 is 10.2 Å². The quantitative estimate of drug-likeness (QED) is 0.869. The van der Waals surface area contributed by atoms with Gasteiger partial charge in [0.15, 0.2) is 0 Å².